The summed E-state index contributed by atoms with van der Waals surface area (Å²) in [6.07, 6.45) is 77.9. The molecule has 0 radical (unpaired) electrons. The highest BCUT2D eigenvalue weighted by atomic mass is 31.2. The molecule has 104 heavy (non-hydrogen) atoms. The highest BCUT2D eigenvalue weighted by molar-refractivity contribution is 7.47. The summed E-state index contributed by atoms with van der Waals surface area (Å²) in [7, 11) is -9.95. The van der Waals surface area contributed by atoms with Gasteiger partial charge in [-0.2, -0.15) is 0 Å². The number of rotatable bonds is 82. The number of aliphatic hydroxyl groups excluding tert-OH is 1. The minimum absolute atomic E-state index is 0.0910. The number of carbonyl (C=O) groups is 4. The number of aliphatic hydroxyl groups is 1. The van der Waals surface area contributed by atoms with E-state index >= 15 is 0 Å². The minimum Gasteiger partial charge on any atom is -0.462 e. The van der Waals surface area contributed by atoms with Gasteiger partial charge in [0.25, 0.3) is 0 Å². The van der Waals surface area contributed by atoms with Gasteiger partial charge < -0.3 is 33.8 Å². The van der Waals surface area contributed by atoms with Crippen LogP contribution >= 0.6 is 15.6 Å². The van der Waals surface area contributed by atoms with E-state index in [1.54, 1.807) is 0 Å². The lowest BCUT2D eigenvalue weighted by molar-refractivity contribution is -0.161. The fourth-order valence-corrected chi connectivity index (χ4v) is 13.9. The lowest BCUT2D eigenvalue weighted by atomic mass is 10.0. The molecule has 0 aromatic heterocycles. The summed E-state index contributed by atoms with van der Waals surface area (Å²) in [4.78, 5) is 73.1. The summed E-state index contributed by atoms with van der Waals surface area (Å²) in [5.41, 5.74) is 0. The Hall–Kier alpha value is -2.98. The molecule has 2 unspecified atom stereocenters. The minimum atomic E-state index is -4.98. The molecule has 0 aromatic carbocycles. The molecule has 0 heterocycles. The van der Waals surface area contributed by atoms with Crippen LogP contribution in [-0.2, 0) is 65.4 Å². The smallest absolute Gasteiger partial charge is 0.462 e. The standard InChI is InChI=1S/C85H158O17P2/c1-5-9-13-17-21-25-29-33-36-39-42-46-49-53-57-61-65-69-82(87)95-75-80(101-84(89)71-67-63-59-55-51-45-32-28-24-20-16-12-8-4)77-99-103(91,92)97-73-79(86)74-98-104(93,94)100-78-81(102-85(90)72-68-64-60-56-52-48-44-41-38-35-31-27-23-19-15-11-7-3)76-96-83(88)70-66-62-58-54-50-47-43-40-37-34-30-26-22-18-14-10-6-2/h21,25,33,36,42,46,53,57,79-81,86H,5-20,22-24,26-32,34-35,37-41,43-45,47-52,54-56,58-78H2,1-4H3,(H,91,92)(H,93,94)/b25-21-,36-33-,46-42-,57-53-/t79-,80-,81-/m1/s1. The first-order chi connectivity index (χ1) is 50.7. The summed E-state index contributed by atoms with van der Waals surface area (Å²) in [5.74, 6) is -2.19. The van der Waals surface area contributed by atoms with Gasteiger partial charge in [-0.1, -0.05) is 372 Å². The molecule has 0 bridgehead atoms. The van der Waals surface area contributed by atoms with E-state index in [9.17, 15) is 43.2 Å². The topological polar surface area (TPSA) is 237 Å². The van der Waals surface area contributed by atoms with E-state index in [4.69, 9.17) is 37.0 Å². The van der Waals surface area contributed by atoms with Crippen molar-refractivity contribution >= 4 is 39.5 Å². The van der Waals surface area contributed by atoms with Crippen LogP contribution in [0.1, 0.15) is 413 Å². The largest absolute Gasteiger partial charge is 0.472 e. The first kappa shape index (κ1) is 101. The maximum Gasteiger partial charge on any atom is 0.472 e. The second-order valence-corrected chi connectivity index (χ2v) is 32.1. The van der Waals surface area contributed by atoms with Crippen molar-refractivity contribution in [1.82, 2.24) is 0 Å². The Labute approximate surface area is 636 Å². The van der Waals surface area contributed by atoms with Crippen molar-refractivity contribution in [2.24, 2.45) is 0 Å². The van der Waals surface area contributed by atoms with Gasteiger partial charge in [0, 0.05) is 25.7 Å². The third-order valence-electron chi connectivity index (χ3n) is 18.8. The van der Waals surface area contributed by atoms with E-state index in [0.29, 0.717) is 32.1 Å². The molecule has 0 aliphatic carbocycles. The normalized spacial score (nSPS) is 14.0. The molecule has 5 atom stereocenters. The van der Waals surface area contributed by atoms with Crippen LogP contribution < -0.4 is 0 Å². The highest BCUT2D eigenvalue weighted by Gasteiger charge is 2.30. The zero-order valence-electron chi connectivity index (χ0n) is 67.0. The number of esters is 4. The molecule has 17 nitrogen and oxygen atoms in total. The lowest BCUT2D eigenvalue weighted by Crippen LogP contribution is -2.30. The Bertz CT molecular complexity index is 2150. The van der Waals surface area contributed by atoms with E-state index in [1.165, 1.54) is 231 Å². The number of unbranched alkanes of at least 4 members (excludes halogenated alkanes) is 48. The van der Waals surface area contributed by atoms with Crippen molar-refractivity contribution in [2.75, 3.05) is 39.6 Å². The van der Waals surface area contributed by atoms with Gasteiger partial charge in [0.1, 0.15) is 19.3 Å². The van der Waals surface area contributed by atoms with Crippen molar-refractivity contribution in [3.63, 3.8) is 0 Å². The zero-order chi connectivity index (χ0) is 76.0. The molecular weight excluding hydrogens is 1350 g/mol. The summed E-state index contributed by atoms with van der Waals surface area (Å²) >= 11 is 0. The summed E-state index contributed by atoms with van der Waals surface area (Å²) in [5, 5.41) is 10.7. The molecule has 0 saturated carbocycles. The van der Waals surface area contributed by atoms with Crippen molar-refractivity contribution in [3.8, 4) is 0 Å². The molecule has 19 heteroatoms. The van der Waals surface area contributed by atoms with Gasteiger partial charge >= 0.3 is 39.5 Å². The second-order valence-electron chi connectivity index (χ2n) is 29.2. The number of allylic oxidation sites excluding steroid dienone is 8. The molecule has 0 saturated heterocycles. The fourth-order valence-electron chi connectivity index (χ4n) is 12.3. The Morgan fingerprint density at radius 2 is 0.481 bits per heavy atom. The Kier molecular flexibility index (Phi) is 75.9. The molecule has 0 aromatic rings. The monoisotopic (exact) mass is 1510 g/mol. The van der Waals surface area contributed by atoms with Gasteiger partial charge in [-0.15, -0.1) is 0 Å². The van der Waals surface area contributed by atoms with Crippen LogP contribution in [0.15, 0.2) is 48.6 Å². The lowest BCUT2D eigenvalue weighted by Gasteiger charge is -2.21. The van der Waals surface area contributed by atoms with Crippen molar-refractivity contribution in [1.29, 1.82) is 0 Å². The van der Waals surface area contributed by atoms with Gasteiger partial charge in [0.05, 0.1) is 26.4 Å². The van der Waals surface area contributed by atoms with E-state index in [1.807, 2.05) is 12.2 Å². The van der Waals surface area contributed by atoms with Gasteiger partial charge in [-0.3, -0.25) is 37.3 Å². The summed E-state index contributed by atoms with van der Waals surface area (Å²) in [6.45, 7) is 4.91. The number of ether oxygens (including phenoxy) is 4. The van der Waals surface area contributed by atoms with Gasteiger partial charge in [0.15, 0.2) is 12.2 Å². The van der Waals surface area contributed by atoms with Crippen molar-refractivity contribution < 1.29 is 80.2 Å². The molecule has 610 valence electrons. The van der Waals surface area contributed by atoms with Crippen LogP contribution in [0.3, 0.4) is 0 Å². The highest BCUT2D eigenvalue weighted by Crippen LogP contribution is 2.45. The quantitative estimate of drug-likeness (QED) is 0.0169. The second kappa shape index (κ2) is 78.2. The maximum absolute atomic E-state index is 13.1. The molecule has 3 N–H and O–H groups in total. The SMILES string of the molecule is CCCCC/C=C\C/C=C\C/C=C\C/C=C\CCCC(=O)OC[C@H](COP(=O)(O)OC[C@@H](O)COP(=O)(O)OC[C@@H](COC(=O)CCCCCCCCCCCCCCCCCCC)OC(=O)CCCCCCCCCCCCCCCCCCC)OC(=O)CCCCCCCCCCCCCCC. The number of hydrogen-bond acceptors (Lipinski definition) is 15. The number of phosphoric acid groups is 2. The first-order valence-electron chi connectivity index (χ1n) is 42.9. The van der Waals surface area contributed by atoms with Crippen LogP contribution in [0.4, 0.5) is 0 Å². The molecule has 0 aliphatic rings. The Morgan fingerprint density at radius 1 is 0.269 bits per heavy atom. The van der Waals surface area contributed by atoms with Crippen molar-refractivity contribution in [3.05, 3.63) is 48.6 Å². The van der Waals surface area contributed by atoms with E-state index < -0.39 is 97.5 Å². The third kappa shape index (κ3) is 77.2. The van der Waals surface area contributed by atoms with Gasteiger partial charge in [-0.05, 0) is 64.2 Å². The summed E-state index contributed by atoms with van der Waals surface area (Å²) in [6, 6.07) is 0. The summed E-state index contributed by atoms with van der Waals surface area (Å²) < 4.78 is 68.8. The number of carbonyl (C=O) groups excluding carboxylic acids is 4. The van der Waals surface area contributed by atoms with Crippen LogP contribution in [0.25, 0.3) is 0 Å². The van der Waals surface area contributed by atoms with Crippen molar-refractivity contribution in [2.45, 2.75) is 431 Å². The average molecular weight is 1510 g/mol. The van der Waals surface area contributed by atoms with Crippen LogP contribution in [0, 0.1) is 0 Å². The molecule has 0 rings (SSSR count). The first-order valence-corrected chi connectivity index (χ1v) is 45.9. The Morgan fingerprint density at radius 3 is 0.760 bits per heavy atom. The fraction of sp³-hybridized carbons (Fsp3) is 0.859. The zero-order valence-corrected chi connectivity index (χ0v) is 68.8. The molecular formula is C85H158O17P2. The number of hydrogen-bond donors (Lipinski definition) is 3. The molecule has 0 amide bonds. The predicted octanol–water partition coefficient (Wildman–Crippen LogP) is 25.2. The van der Waals surface area contributed by atoms with Crippen LogP contribution in [0.5, 0.6) is 0 Å². The molecule has 0 fully saturated rings. The van der Waals surface area contributed by atoms with E-state index in [0.717, 1.165) is 96.3 Å². The van der Waals surface area contributed by atoms with Crippen LogP contribution in [-0.4, -0.2) is 96.7 Å². The predicted molar refractivity (Wildman–Crippen MR) is 427 cm³/mol. The van der Waals surface area contributed by atoms with Crippen LogP contribution in [0.2, 0.25) is 0 Å². The molecule has 0 spiro atoms. The maximum atomic E-state index is 13.1. The van der Waals surface area contributed by atoms with E-state index in [2.05, 4.69) is 64.2 Å². The Balaban J connectivity index is 5.33. The van der Waals surface area contributed by atoms with Gasteiger partial charge in [0.2, 0.25) is 0 Å². The third-order valence-corrected chi connectivity index (χ3v) is 20.7. The molecule has 0 aliphatic heterocycles. The average Bonchev–Trinajstić information content (AvgIpc) is 0.910. The number of phosphoric ester groups is 2. The van der Waals surface area contributed by atoms with E-state index in [-0.39, 0.29) is 25.7 Å². The van der Waals surface area contributed by atoms with Gasteiger partial charge in [-0.25, -0.2) is 9.13 Å².